The van der Waals surface area contributed by atoms with Crippen LogP contribution in [-0.4, -0.2) is 73.2 Å². The number of rotatable bonds is 9. The number of nitrogens with zero attached hydrogens (tertiary/aromatic N) is 3. The lowest BCUT2D eigenvalue weighted by molar-refractivity contribution is -0.142. The van der Waals surface area contributed by atoms with Gasteiger partial charge in [-0.25, -0.2) is 0 Å². The number of nitrogens with one attached hydrogen (secondary N) is 1. The number of amides is 2. The van der Waals surface area contributed by atoms with Gasteiger partial charge in [-0.15, -0.1) is 0 Å². The fourth-order valence-corrected chi connectivity index (χ4v) is 4.45. The third-order valence-corrected chi connectivity index (χ3v) is 6.25. The van der Waals surface area contributed by atoms with Crippen LogP contribution in [0.15, 0.2) is 23.4 Å². The molecular weight excluding hydrogens is 439 g/mol. The van der Waals surface area contributed by atoms with Gasteiger partial charge in [0.1, 0.15) is 0 Å². The van der Waals surface area contributed by atoms with Gasteiger partial charge in [0.25, 0.3) is 5.91 Å². The average Bonchev–Trinajstić information content (AvgIpc) is 3.31. The summed E-state index contributed by atoms with van der Waals surface area (Å²) in [6.45, 7) is 5.50. The zero-order chi connectivity index (χ0) is 22.8. The predicted molar refractivity (Wildman–Crippen MR) is 123 cm³/mol. The van der Waals surface area contributed by atoms with Gasteiger partial charge in [-0.2, -0.15) is 0 Å². The molecule has 1 saturated carbocycles. The summed E-state index contributed by atoms with van der Waals surface area (Å²) in [6, 6.07) is 4.98. The van der Waals surface area contributed by atoms with Crippen LogP contribution in [0, 0.1) is 5.41 Å². The van der Waals surface area contributed by atoms with Crippen molar-refractivity contribution in [3.63, 3.8) is 0 Å². The van der Waals surface area contributed by atoms with Crippen LogP contribution in [0.5, 0.6) is 0 Å². The molecule has 0 aromatic heterocycles. The van der Waals surface area contributed by atoms with Gasteiger partial charge >= 0.3 is 0 Å². The lowest BCUT2D eigenvalue weighted by Gasteiger charge is -2.28. The highest BCUT2D eigenvalue weighted by Crippen LogP contribution is 2.46. The first kappa shape index (κ1) is 23.8. The van der Waals surface area contributed by atoms with Crippen molar-refractivity contribution in [3.8, 4) is 0 Å². The Kier molecular flexibility index (Phi) is 7.50. The largest absolute Gasteiger partial charge is 0.382 e. The summed E-state index contributed by atoms with van der Waals surface area (Å²) >= 11 is 12.2. The summed E-state index contributed by atoms with van der Waals surface area (Å²) in [7, 11) is 3.95. The number of oxime groups is 1. The van der Waals surface area contributed by atoms with E-state index in [2.05, 4.69) is 10.5 Å². The highest BCUT2D eigenvalue weighted by molar-refractivity contribution is 6.37. The zero-order valence-electron chi connectivity index (χ0n) is 18.5. The number of carbonyl (C=O) groups is 2. The minimum absolute atomic E-state index is 0.0670. The van der Waals surface area contributed by atoms with Crippen molar-refractivity contribution < 1.29 is 14.4 Å². The van der Waals surface area contributed by atoms with Gasteiger partial charge in [0.15, 0.2) is 0 Å². The second-order valence-corrected chi connectivity index (χ2v) is 9.57. The van der Waals surface area contributed by atoms with Gasteiger partial charge in [-0.05, 0) is 52.9 Å². The first-order chi connectivity index (χ1) is 14.6. The van der Waals surface area contributed by atoms with Gasteiger partial charge in [-0.3, -0.25) is 9.59 Å². The molecule has 31 heavy (non-hydrogen) atoms. The summed E-state index contributed by atoms with van der Waals surface area (Å²) in [5.41, 5.74) is 1.05. The Morgan fingerprint density at radius 2 is 2.03 bits per heavy atom. The number of likely N-dealkylation sites (N-methyl/N-ethyl adjacent to an activating group) is 1. The molecule has 9 heteroatoms. The minimum atomic E-state index is -0.701. The van der Waals surface area contributed by atoms with Crippen LogP contribution in [0.2, 0.25) is 10.0 Å². The van der Waals surface area contributed by atoms with Crippen LogP contribution >= 0.6 is 23.2 Å². The molecule has 1 aromatic rings. The molecule has 3 rings (SSSR count). The second-order valence-electron chi connectivity index (χ2n) is 8.73. The van der Waals surface area contributed by atoms with Crippen LogP contribution in [0.1, 0.15) is 38.7 Å². The standard InChI is InChI=1S/C22H30Cl2N4O3/c1-5-28(12-14(2)25-21(30)22(8-9-22)13-27(3)4)20(29)19-11-18(26-31-19)16-7-6-15(23)10-17(16)24/h6-7,10,14,19H,5,8-9,11-13H2,1-4H3,(H,25,30). The van der Waals surface area contributed by atoms with Crippen molar-refractivity contribution >= 4 is 40.7 Å². The molecule has 2 aliphatic rings. The molecule has 2 unspecified atom stereocenters. The summed E-state index contributed by atoms with van der Waals surface area (Å²) in [5.74, 6) is -0.0841. The van der Waals surface area contributed by atoms with E-state index in [1.165, 1.54) is 0 Å². The molecule has 0 bridgehead atoms. The molecule has 1 N–H and O–H groups in total. The molecule has 0 radical (unpaired) electrons. The number of benzene rings is 1. The molecule has 1 aromatic carbocycles. The Balaban J connectivity index is 1.55. The van der Waals surface area contributed by atoms with Gasteiger partial charge < -0.3 is 20.0 Å². The third kappa shape index (κ3) is 5.70. The maximum Gasteiger partial charge on any atom is 0.266 e. The molecule has 1 aliphatic heterocycles. The molecule has 2 atom stereocenters. The van der Waals surface area contributed by atoms with E-state index in [1.807, 2.05) is 32.8 Å². The fourth-order valence-electron chi connectivity index (χ4n) is 3.94. The molecule has 1 heterocycles. The Labute approximate surface area is 193 Å². The summed E-state index contributed by atoms with van der Waals surface area (Å²) in [5, 5.41) is 8.17. The normalized spacial score (nSPS) is 20.1. The van der Waals surface area contributed by atoms with Crippen LogP contribution < -0.4 is 5.32 Å². The minimum Gasteiger partial charge on any atom is -0.382 e. The maximum atomic E-state index is 13.0. The van der Waals surface area contributed by atoms with E-state index >= 15 is 0 Å². The Morgan fingerprint density at radius 3 is 2.61 bits per heavy atom. The summed E-state index contributed by atoms with van der Waals surface area (Å²) < 4.78 is 0. The maximum absolute atomic E-state index is 13.0. The molecule has 0 saturated heterocycles. The van der Waals surface area contributed by atoms with E-state index in [0.717, 1.165) is 19.4 Å². The topological polar surface area (TPSA) is 74.2 Å². The van der Waals surface area contributed by atoms with Crippen LogP contribution in [-0.2, 0) is 14.4 Å². The van der Waals surface area contributed by atoms with Crippen LogP contribution in [0.4, 0.5) is 0 Å². The second kappa shape index (κ2) is 9.76. The highest BCUT2D eigenvalue weighted by atomic mass is 35.5. The van der Waals surface area contributed by atoms with Gasteiger partial charge in [0.05, 0.1) is 16.1 Å². The van der Waals surface area contributed by atoms with Crippen molar-refractivity contribution in [1.82, 2.24) is 15.1 Å². The molecule has 1 aliphatic carbocycles. The smallest absolute Gasteiger partial charge is 0.266 e. The van der Waals surface area contributed by atoms with Crippen molar-refractivity contribution in [3.05, 3.63) is 33.8 Å². The van der Waals surface area contributed by atoms with Crippen molar-refractivity contribution in [2.24, 2.45) is 10.6 Å². The lowest BCUT2D eigenvalue weighted by atomic mass is 10.0. The SMILES string of the molecule is CCN(CC(C)NC(=O)C1(CN(C)C)CC1)C(=O)C1CC(c2ccc(Cl)cc2Cl)=NO1. The van der Waals surface area contributed by atoms with E-state index in [1.54, 1.807) is 23.1 Å². The van der Waals surface area contributed by atoms with E-state index in [9.17, 15) is 9.59 Å². The van der Waals surface area contributed by atoms with Crippen molar-refractivity contribution in [2.45, 2.75) is 45.3 Å². The van der Waals surface area contributed by atoms with E-state index in [0.29, 0.717) is 40.8 Å². The van der Waals surface area contributed by atoms with Gasteiger partial charge in [0.2, 0.25) is 12.0 Å². The highest BCUT2D eigenvalue weighted by Gasteiger charge is 2.50. The van der Waals surface area contributed by atoms with E-state index in [4.69, 9.17) is 28.0 Å². The third-order valence-electron chi connectivity index (χ3n) is 5.71. The molecule has 0 spiro atoms. The average molecular weight is 469 g/mol. The number of halogens is 2. The zero-order valence-corrected chi connectivity index (χ0v) is 20.0. The lowest BCUT2D eigenvalue weighted by Crippen LogP contribution is -2.49. The molecule has 1 fully saturated rings. The molecule has 7 nitrogen and oxygen atoms in total. The van der Waals surface area contributed by atoms with Gasteiger partial charge in [0, 0.05) is 42.7 Å². The number of hydrogen-bond acceptors (Lipinski definition) is 5. The number of carbonyl (C=O) groups excluding carboxylic acids is 2. The van der Waals surface area contributed by atoms with Crippen LogP contribution in [0.3, 0.4) is 0 Å². The molecule has 170 valence electrons. The first-order valence-electron chi connectivity index (χ1n) is 10.6. The Morgan fingerprint density at radius 1 is 1.32 bits per heavy atom. The van der Waals surface area contributed by atoms with Crippen molar-refractivity contribution in [2.75, 3.05) is 33.7 Å². The summed E-state index contributed by atoms with van der Waals surface area (Å²) in [6.07, 6.45) is 1.45. The predicted octanol–water partition coefficient (Wildman–Crippen LogP) is 3.18. The molecular formula is C22H30Cl2N4O3. The number of hydrogen-bond donors (Lipinski definition) is 1. The van der Waals surface area contributed by atoms with E-state index in [-0.39, 0.29) is 23.3 Å². The van der Waals surface area contributed by atoms with E-state index < -0.39 is 6.10 Å². The summed E-state index contributed by atoms with van der Waals surface area (Å²) in [4.78, 5) is 34.9. The fraction of sp³-hybridized carbons (Fsp3) is 0.591. The van der Waals surface area contributed by atoms with Crippen LogP contribution in [0.25, 0.3) is 0 Å². The quantitative estimate of drug-likeness (QED) is 0.603. The molecule has 2 amide bonds. The Hall–Kier alpha value is -1.83. The Bertz CT molecular complexity index is 870. The monoisotopic (exact) mass is 468 g/mol. The van der Waals surface area contributed by atoms with Crippen molar-refractivity contribution in [1.29, 1.82) is 0 Å². The first-order valence-corrected chi connectivity index (χ1v) is 11.3. The van der Waals surface area contributed by atoms with Gasteiger partial charge in [-0.1, -0.05) is 34.4 Å².